The van der Waals surface area contributed by atoms with Crippen LogP contribution in [-0.2, 0) is 10.0 Å². The lowest BCUT2D eigenvalue weighted by Gasteiger charge is -2.38. The fourth-order valence-electron chi connectivity index (χ4n) is 5.62. The van der Waals surface area contributed by atoms with Crippen LogP contribution in [0.4, 0.5) is 5.69 Å². The zero-order chi connectivity index (χ0) is 24.8. The summed E-state index contributed by atoms with van der Waals surface area (Å²) in [6, 6.07) is 14.0. The van der Waals surface area contributed by atoms with Crippen LogP contribution in [-0.4, -0.2) is 44.3 Å². The molecule has 0 saturated heterocycles. The minimum Gasteiger partial charge on any atom is -0.489 e. The molecule has 1 unspecified atom stereocenters. The Hall–Kier alpha value is -2.44. The second-order valence-corrected chi connectivity index (χ2v) is 12.2. The van der Waals surface area contributed by atoms with Gasteiger partial charge in [0.15, 0.2) is 5.75 Å². The molecule has 3 aliphatic carbocycles. The summed E-state index contributed by atoms with van der Waals surface area (Å²) in [5.74, 6) is 1.10. The van der Waals surface area contributed by atoms with Gasteiger partial charge in [0.25, 0.3) is 0 Å². The van der Waals surface area contributed by atoms with Gasteiger partial charge in [0, 0.05) is 35.5 Å². The Labute approximate surface area is 215 Å². The van der Waals surface area contributed by atoms with Crippen molar-refractivity contribution in [2.45, 2.75) is 25.3 Å². The number of anilines is 1. The van der Waals surface area contributed by atoms with E-state index in [2.05, 4.69) is 22.2 Å². The molecule has 3 saturated carbocycles. The zero-order valence-corrected chi connectivity index (χ0v) is 21.6. The SMILES string of the molecule is CS(=O)(=O)NC1CC2(CNc3ccc4c(ccn4-c4cc(Cl)c(OCCCl)c(C#N)c4)c3)CC1C2. The summed E-state index contributed by atoms with van der Waals surface area (Å²) in [7, 11) is -3.18. The normalized spacial score (nSPS) is 23.1. The van der Waals surface area contributed by atoms with E-state index in [9.17, 15) is 13.7 Å². The van der Waals surface area contributed by atoms with E-state index < -0.39 is 10.0 Å². The summed E-state index contributed by atoms with van der Waals surface area (Å²) in [6.07, 6.45) is 6.17. The van der Waals surface area contributed by atoms with Crippen LogP contribution in [0.1, 0.15) is 24.8 Å². The van der Waals surface area contributed by atoms with Crippen molar-refractivity contribution < 1.29 is 13.2 Å². The largest absolute Gasteiger partial charge is 0.489 e. The van der Waals surface area contributed by atoms with Crippen molar-refractivity contribution in [2.75, 3.05) is 30.6 Å². The first-order chi connectivity index (χ1) is 16.7. The second kappa shape index (κ2) is 9.21. The first-order valence-electron chi connectivity index (χ1n) is 11.5. The Kier molecular flexibility index (Phi) is 6.39. The van der Waals surface area contributed by atoms with E-state index in [1.165, 1.54) is 6.26 Å². The topological polar surface area (TPSA) is 96.2 Å². The monoisotopic (exact) mass is 532 g/mol. The van der Waals surface area contributed by atoms with Crippen molar-refractivity contribution in [3.8, 4) is 17.5 Å². The van der Waals surface area contributed by atoms with Crippen molar-refractivity contribution in [3.63, 3.8) is 0 Å². The van der Waals surface area contributed by atoms with Gasteiger partial charge in [-0.3, -0.25) is 0 Å². The summed E-state index contributed by atoms with van der Waals surface area (Å²) in [6.45, 7) is 1.09. The van der Waals surface area contributed by atoms with Gasteiger partial charge in [0.05, 0.1) is 28.2 Å². The minimum atomic E-state index is -3.18. The number of hydrogen-bond acceptors (Lipinski definition) is 5. The van der Waals surface area contributed by atoms with Crippen molar-refractivity contribution in [1.82, 2.24) is 9.29 Å². The number of nitrogens with zero attached hydrogens (tertiary/aromatic N) is 2. The number of fused-ring (bicyclic) bond motifs is 2. The number of alkyl halides is 1. The Morgan fingerprint density at radius 3 is 2.74 bits per heavy atom. The summed E-state index contributed by atoms with van der Waals surface area (Å²) in [4.78, 5) is 0. The molecule has 3 fully saturated rings. The minimum absolute atomic E-state index is 0.0557. The average molecular weight is 533 g/mol. The molecule has 0 aliphatic heterocycles. The van der Waals surface area contributed by atoms with Gasteiger partial charge in [-0.1, -0.05) is 11.6 Å². The predicted molar refractivity (Wildman–Crippen MR) is 139 cm³/mol. The van der Waals surface area contributed by atoms with E-state index in [0.29, 0.717) is 28.1 Å². The number of aromatic nitrogens is 1. The molecule has 184 valence electrons. The lowest BCUT2D eigenvalue weighted by Crippen LogP contribution is -2.37. The highest BCUT2D eigenvalue weighted by Gasteiger charge is 2.56. The molecule has 1 aromatic heterocycles. The third kappa shape index (κ3) is 4.83. The Balaban J connectivity index is 1.32. The van der Waals surface area contributed by atoms with Gasteiger partial charge in [-0.05, 0) is 67.0 Å². The van der Waals surface area contributed by atoms with Gasteiger partial charge in [0.1, 0.15) is 12.7 Å². The predicted octanol–water partition coefficient (Wildman–Crippen LogP) is 4.90. The molecule has 35 heavy (non-hydrogen) atoms. The van der Waals surface area contributed by atoms with Gasteiger partial charge in [0.2, 0.25) is 10.0 Å². The molecule has 0 spiro atoms. The maximum absolute atomic E-state index is 11.6. The first-order valence-corrected chi connectivity index (χ1v) is 14.3. The third-order valence-electron chi connectivity index (χ3n) is 7.09. The standard InChI is InChI=1S/C25H26Cl2N4O3S/c1-35(32,33)30-22-13-25(11-18(22)12-25)15-29-19-2-3-23-16(8-19)4-6-31(23)20-9-17(14-28)24(21(27)10-20)34-7-5-26/h2-4,6,8-10,18,22,29-30H,5,7,11-13,15H2,1H3. The van der Waals surface area contributed by atoms with Crippen LogP contribution >= 0.6 is 23.2 Å². The van der Waals surface area contributed by atoms with Crippen molar-refractivity contribution in [3.05, 3.63) is 53.2 Å². The van der Waals surface area contributed by atoms with Crippen LogP contribution in [0.3, 0.4) is 0 Å². The van der Waals surface area contributed by atoms with E-state index in [1.807, 2.05) is 29.0 Å². The number of benzene rings is 2. The molecule has 0 radical (unpaired) electrons. The molecule has 3 aromatic rings. The third-order valence-corrected chi connectivity index (χ3v) is 8.25. The molecule has 2 bridgehead atoms. The lowest BCUT2D eigenvalue weighted by atomic mass is 9.69. The quantitative estimate of drug-likeness (QED) is 0.382. The molecule has 2 aromatic carbocycles. The van der Waals surface area contributed by atoms with E-state index in [1.54, 1.807) is 12.1 Å². The van der Waals surface area contributed by atoms with Crippen LogP contribution in [0.15, 0.2) is 42.6 Å². The highest BCUT2D eigenvalue weighted by Crippen LogP contribution is 2.58. The van der Waals surface area contributed by atoms with Crippen LogP contribution < -0.4 is 14.8 Å². The van der Waals surface area contributed by atoms with Gasteiger partial charge in [-0.15, -0.1) is 11.6 Å². The van der Waals surface area contributed by atoms with Gasteiger partial charge >= 0.3 is 0 Å². The molecule has 2 N–H and O–H groups in total. The van der Waals surface area contributed by atoms with Gasteiger partial charge in [-0.2, -0.15) is 5.26 Å². The molecule has 3 aliphatic rings. The van der Waals surface area contributed by atoms with Crippen LogP contribution in [0.25, 0.3) is 16.6 Å². The van der Waals surface area contributed by atoms with Gasteiger partial charge in [-0.25, -0.2) is 13.1 Å². The Bertz CT molecular complexity index is 1420. The number of hydrogen-bond donors (Lipinski definition) is 2. The van der Waals surface area contributed by atoms with Crippen molar-refractivity contribution in [2.24, 2.45) is 11.3 Å². The molecular weight excluding hydrogens is 507 g/mol. The first kappa shape index (κ1) is 24.3. The molecule has 0 amide bonds. The number of rotatable bonds is 9. The molecule has 1 heterocycles. The van der Waals surface area contributed by atoms with E-state index >= 15 is 0 Å². The fraction of sp³-hybridized carbons (Fsp3) is 0.400. The van der Waals surface area contributed by atoms with Crippen molar-refractivity contribution in [1.29, 1.82) is 5.26 Å². The summed E-state index contributed by atoms with van der Waals surface area (Å²) in [5.41, 5.74) is 3.30. The van der Waals surface area contributed by atoms with Crippen LogP contribution in [0.5, 0.6) is 5.75 Å². The smallest absolute Gasteiger partial charge is 0.208 e. The summed E-state index contributed by atoms with van der Waals surface area (Å²) >= 11 is 12.1. The molecule has 1 atom stereocenters. The lowest BCUT2D eigenvalue weighted by molar-refractivity contribution is 0.158. The molecule has 10 heteroatoms. The Morgan fingerprint density at radius 1 is 1.23 bits per heavy atom. The Morgan fingerprint density at radius 2 is 2.03 bits per heavy atom. The van der Waals surface area contributed by atoms with E-state index in [4.69, 9.17) is 27.9 Å². The number of sulfonamides is 1. The summed E-state index contributed by atoms with van der Waals surface area (Å²) < 4.78 is 33.6. The average Bonchev–Trinajstić information content (AvgIpc) is 3.45. The molecule has 6 rings (SSSR count). The van der Waals surface area contributed by atoms with Crippen LogP contribution in [0, 0.1) is 22.7 Å². The maximum Gasteiger partial charge on any atom is 0.208 e. The van der Waals surface area contributed by atoms with Crippen molar-refractivity contribution >= 4 is 49.8 Å². The van der Waals surface area contributed by atoms with E-state index in [0.717, 1.165) is 48.1 Å². The molecular formula is C25H26Cl2N4O3S. The number of nitrogens with one attached hydrogen (secondary N) is 2. The zero-order valence-electron chi connectivity index (χ0n) is 19.2. The highest BCUT2D eigenvalue weighted by atomic mass is 35.5. The number of nitriles is 1. The fourth-order valence-corrected chi connectivity index (χ4v) is 6.79. The highest BCUT2D eigenvalue weighted by molar-refractivity contribution is 7.88. The second-order valence-electron chi connectivity index (χ2n) is 9.64. The van der Waals surface area contributed by atoms with Gasteiger partial charge < -0.3 is 14.6 Å². The van der Waals surface area contributed by atoms with E-state index in [-0.39, 0.29) is 18.1 Å². The maximum atomic E-state index is 11.6. The number of halogens is 2. The molecule has 7 nitrogen and oxygen atoms in total. The number of ether oxygens (including phenoxy) is 1. The summed E-state index contributed by atoms with van der Waals surface area (Å²) in [5, 5.41) is 14.6. The van der Waals surface area contributed by atoms with Crippen LogP contribution in [0.2, 0.25) is 5.02 Å².